The van der Waals surface area contributed by atoms with Crippen LogP contribution in [0.2, 0.25) is 0 Å². The van der Waals surface area contributed by atoms with E-state index in [0.717, 1.165) is 13.0 Å². The molecule has 1 atom stereocenters. The summed E-state index contributed by atoms with van der Waals surface area (Å²) >= 11 is 0. The molecule has 1 fully saturated rings. The first kappa shape index (κ1) is 13.3. The summed E-state index contributed by atoms with van der Waals surface area (Å²) in [5.41, 5.74) is 2.38. The summed E-state index contributed by atoms with van der Waals surface area (Å²) in [6, 6.07) is -0.298. The van der Waals surface area contributed by atoms with Crippen LogP contribution < -0.4 is 21.5 Å². The van der Waals surface area contributed by atoms with Crippen LogP contribution in [-0.4, -0.2) is 59.5 Å². The summed E-state index contributed by atoms with van der Waals surface area (Å²) in [7, 11) is 5.40. The molecule has 1 aromatic heterocycles. The van der Waals surface area contributed by atoms with Crippen LogP contribution in [0.3, 0.4) is 0 Å². The standard InChI is InChI=1S/C10H18N8O/c1-17(2)10-14-8(13-9(15-10)16-11)12-6-4-5-18(3)7(6)19/h6H,4-5,11H2,1-3H3,(H2,12,13,14,15,16). The van der Waals surface area contributed by atoms with Gasteiger partial charge in [-0.05, 0) is 6.42 Å². The van der Waals surface area contributed by atoms with Crippen LogP contribution in [0.5, 0.6) is 0 Å². The summed E-state index contributed by atoms with van der Waals surface area (Å²) in [5.74, 6) is 6.40. The highest BCUT2D eigenvalue weighted by Gasteiger charge is 2.29. The number of likely N-dealkylation sites (N-methyl/N-ethyl adjacent to an activating group) is 1. The number of likely N-dealkylation sites (tertiary alicyclic amines) is 1. The van der Waals surface area contributed by atoms with Crippen molar-refractivity contribution >= 4 is 23.8 Å². The number of nitrogens with one attached hydrogen (secondary N) is 2. The Labute approximate surface area is 111 Å². The Morgan fingerprint density at radius 1 is 1.32 bits per heavy atom. The van der Waals surface area contributed by atoms with E-state index in [1.54, 1.807) is 16.8 Å². The van der Waals surface area contributed by atoms with Crippen molar-refractivity contribution in [3.63, 3.8) is 0 Å². The molecular weight excluding hydrogens is 248 g/mol. The van der Waals surface area contributed by atoms with E-state index in [1.807, 2.05) is 14.1 Å². The Morgan fingerprint density at radius 3 is 2.53 bits per heavy atom. The topological polar surface area (TPSA) is 112 Å². The van der Waals surface area contributed by atoms with E-state index in [0.29, 0.717) is 11.9 Å². The van der Waals surface area contributed by atoms with Gasteiger partial charge in [0.2, 0.25) is 23.8 Å². The quantitative estimate of drug-likeness (QED) is 0.463. The number of hydrogen-bond acceptors (Lipinski definition) is 8. The van der Waals surface area contributed by atoms with Crippen molar-refractivity contribution < 1.29 is 4.79 Å². The second-order valence-corrected chi connectivity index (χ2v) is 4.57. The molecule has 2 heterocycles. The maximum atomic E-state index is 11.8. The molecule has 1 unspecified atom stereocenters. The number of anilines is 3. The van der Waals surface area contributed by atoms with Crippen LogP contribution >= 0.6 is 0 Å². The molecule has 0 radical (unpaired) electrons. The minimum atomic E-state index is -0.298. The molecule has 0 aromatic carbocycles. The van der Waals surface area contributed by atoms with Gasteiger partial charge in [-0.3, -0.25) is 10.2 Å². The van der Waals surface area contributed by atoms with E-state index in [9.17, 15) is 4.79 Å². The largest absolute Gasteiger partial charge is 0.347 e. The lowest BCUT2D eigenvalue weighted by molar-refractivity contribution is -0.127. The van der Waals surface area contributed by atoms with Gasteiger partial charge >= 0.3 is 0 Å². The van der Waals surface area contributed by atoms with E-state index in [1.165, 1.54) is 0 Å². The third-order valence-corrected chi connectivity index (χ3v) is 2.88. The second-order valence-electron chi connectivity index (χ2n) is 4.57. The molecule has 9 nitrogen and oxygen atoms in total. The summed E-state index contributed by atoms with van der Waals surface area (Å²) in [5, 5.41) is 3.02. The molecule has 0 saturated carbocycles. The van der Waals surface area contributed by atoms with E-state index >= 15 is 0 Å². The van der Waals surface area contributed by atoms with Gasteiger partial charge in [0.15, 0.2) is 0 Å². The molecule has 1 saturated heterocycles. The zero-order valence-corrected chi connectivity index (χ0v) is 11.2. The summed E-state index contributed by atoms with van der Waals surface area (Å²) in [6.45, 7) is 0.726. The van der Waals surface area contributed by atoms with Gasteiger partial charge in [0, 0.05) is 27.7 Å². The van der Waals surface area contributed by atoms with Crippen LogP contribution in [0.4, 0.5) is 17.8 Å². The van der Waals surface area contributed by atoms with Gasteiger partial charge in [-0.1, -0.05) is 0 Å². The fourth-order valence-electron chi connectivity index (χ4n) is 1.81. The van der Waals surface area contributed by atoms with Crippen molar-refractivity contribution in [2.24, 2.45) is 5.84 Å². The number of hydrogen-bond donors (Lipinski definition) is 3. The molecular formula is C10H18N8O. The molecule has 0 aliphatic carbocycles. The molecule has 2 rings (SSSR count). The molecule has 4 N–H and O–H groups in total. The normalized spacial score (nSPS) is 18.6. The van der Waals surface area contributed by atoms with E-state index in [2.05, 4.69) is 25.7 Å². The average molecular weight is 266 g/mol. The molecule has 9 heteroatoms. The minimum absolute atomic E-state index is 0.0362. The van der Waals surface area contributed by atoms with Gasteiger partial charge in [0.25, 0.3) is 0 Å². The van der Waals surface area contributed by atoms with Gasteiger partial charge in [-0.15, -0.1) is 0 Å². The number of nitrogens with two attached hydrogens (primary N) is 1. The number of nitrogen functional groups attached to an aromatic ring is 1. The number of nitrogens with zero attached hydrogens (tertiary/aromatic N) is 5. The van der Waals surface area contributed by atoms with E-state index < -0.39 is 0 Å². The fourth-order valence-corrected chi connectivity index (χ4v) is 1.81. The number of amides is 1. The first-order chi connectivity index (χ1) is 9.01. The van der Waals surface area contributed by atoms with Crippen LogP contribution in [0.15, 0.2) is 0 Å². The molecule has 19 heavy (non-hydrogen) atoms. The third-order valence-electron chi connectivity index (χ3n) is 2.88. The molecule has 1 amide bonds. The minimum Gasteiger partial charge on any atom is -0.347 e. The summed E-state index contributed by atoms with van der Waals surface area (Å²) in [4.78, 5) is 27.6. The van der Waals surface area contributed by atoms with Gasteiger partial charge in [-0.25, -0.2) is 5.84 Å². The number of aromatic nitrogens is 3. The summed E-state index contributed by atoms with van der Waals surface area (Å²) < 4.78 is 0. The molecule has 1 aliphatic heterocycles. The van der Waals surface area contributed by atoms with Gasteiger partial charge < -0.3 is 15.1 Å². The lowest BCUT2D eigenvalue weighted by atomic mass is 10.2. The van der Waals surface area contributed by atoms with E-state index in [-0.39, 0.29) is 17.9 Å². The Bertz CT molecular complexity index is 477. The van der Waals surface area contributed by atoms with Crippen LogP contribution in [-0.2, 0) is 4.79 Å². The van der Waals surface area contributed by atoms with E-state index in [4.69, 9.17) is 5.84 Å². The number of carbonyl (C=O) groups excluding carboxylic acids is 1. The monoisotopic (exact) mass is 266 g/mol. The van der Waals surface area contributed by atoms with Crippen molar-refractivity contribution in [2.75, 3.05) is 43.3 Å². The van der Waals surface area contributed by atoms with Crippen LogP contribution in [0, 0.1) is 0 Å². The number of hydrazine groups is 1. The van der Waals surface area contributed by atoms with Crippen molar-refractivity contribution in [3.8, 4) is 0 Å². The Kier molecular flexibility index (Phi) is 3.65. The maximum absolute atomic E-state index is 11.8. The van der Waals surface area contributed by atoms with Crippen molar-refractivity contribution in [3.05, 3.63) is 0 Å². The summed E-state index contributed by atoms with van der Waals surface area (Å²) in [6.07, 6.45) is 0.726. The first-order valence-corrected chi connectivity index (χ1v) is 5.93. The SMILES string of the molecule is CN1CCC(Nc2nc(NN)nc(N(C)C)n2)C1=O. The molecule has 0 spiro atoms. The van der Waals surface area contributed by atoms with Crippen molar-refractivity contribution in [1.82, 2.24) is 19.9 Å². The highest BCUT2D eigenvalue weighted by Crippen LogP contribution is 2.16. The predicted molar refractivity (Wildman–Crippen MR) is 71.6 cm³/mol. The Morgan fingerprint density at radius 2 is 2.00 bits per heavy atom. The Hall–Kier alpha value is -2.16. The first-order valence-electron chi connectivity index (χ1n) is 5.93. The Balaban J connectivity index is 2.20. The predicted octanol–water partition coefficient (Wildman–Crippen LogP) is -1.13. The lowest BCUT2D eigenvalue weighted by Gasteiger charge is -2.15. The number of rotatable bonds is 4. The van der Waals surface area contributed by atoms with Crippen molar-refractivity contribution in [2.45, 2.75) is 12.5 Å². The smallest absolute Gasteiger partial charge is 0.244 e. The maximum Gasteiger partial charge on any atom is 0.244 e. The number of carbonyl (C=O) groups is 1. The van der Waals surface area contributed by atoms with Gasteiger partial charge in [-0.2, -0.15) is 15.0 Å². The molecule has 0 bridgehead atoms. The van der Waals surface area contributed by atoms with Crippen molar-refractivity contribution in [1.29, 1.82) is 0 Å². The third kappa shape index (κ3) is 2.81. The second kappa shape index (κ2) is 5.22. The highest BCUT2D eigenvalue weighted by molar-refractivity contribution is 5.86. The fraction of sp³-hybridized carbons (Fsp3) is 0.600. The zero-order chi connectivity index (χ0) is 14.0. The molecule has 104 valence electrons. The lowest BCUT2D eigenvalue weighted by Crippen LogP contribution is -2.32. The zero-order valence-electron chi connectivity index (χ0n) is 11.2. The van der Waals surface area contributed by atoms with Crippen LogP contribution in [0.25, 0.3) is 0 Å². The molecule has 1 aromatic rings. The van der Waals surface area contributed by atoms with Crippen LogP contribution in [0.1, 0.15) is 6.42 Å². The average Bonchev–Trinajstić information content (AvgIpc) is 2.70. The molecule has 1 aliphatic rings. The highest BCUT2D eigenvalue weighted by atomic mass is 16.2. The van der Waals surface area contributed by atoms with Gasteiger partial charge in [0.1, 0.15) is 6.04 Å². The van der Waals surface area contributed by atoms with Gasteiger partial charge in [0.05, 0.1) is 0 Å².